The van der Waals surface area contributed by atoms with Crippen molar-refractivity contribution in [2.24, 2.45) is 0 Å². The number of carbonyl (C=O) groups is 2. The summed E-state index contributed by atoms with van der Waals surface area (Å²) in [6, 6.07) is 7.32. The number of methoxy groups -OCH3 is 1. The Balaban J connectivity index is 1.85. The van der Waals surface area contributed by atoms with Crippen molar-refractivity contribution in [3.05, 3.63) is 29.3 Å². The van der Waals surface area contributed by atoms with Gasteiger partial charge in [-0.3, -0.25) is 4.79 Å². The van der Waals surface area contributed by atoms with E-state index in [9.17, 15) is 9.59 Å². The van der Waals surface area contributed by atoms with E-state index in [4.69, 9.17) is 16.3 Å². The number of nitrogens with zero attached hydrogens (tertiary/aromatic N) is 1. The van der Waals surface area contributed by atoms with Gasteiger partial charge in [-0.1, -0.05) is 11.6 Å². The van der Waals surface area contributed by atoms with Crippen molar-refractivity contribution in [2.75, 3.05) is 32.6 Å². The van der Waals surface area contributed by atoms with Crippen LogP contribution in [0.3, 0.4) is 0 Å². The lowest BCUT2D eigenvalue weighted by Gasteiger charge is -2.31. The van der Waals surface area contributed by atoms with Crippen LogP contribution in [0.25, 0.3) is 0 Å². The Labute approximate surface area is 132 Å². The summed E-state index contributed by atoms with van der Waals surface area (Å²) in [6.07, 6.45) is -0.687. The molecule has 1 amide bonds. The van der Waals surface area contributed by atoms with Gasteiger partial charge in [-0.05, 0) is 24.3 Å². The zero-order valence-electron chi connectivity index (χ0n) is 11.6. The van der Waals surface area contributed by atoms with E-state index >= 15 is 0 Å². The van der Waals surface area contributed by atoms with Crippen LogP contribution in [0.1, 0.15) is 0 Å². The van der Waals surface area contributed by atoms with Gasteiger partial charge in [-0.2, -0.15) is 0 Å². The average molecular weight is 330 g/mol. The minimum atomic E-state index is -0.687. The first-order valence-corrected chi connectivity index (χ1v) is 7.82. The van der Waals surface area contributed by atoms with Gasteiger partial charge in [0.15, 0.2) is 6.10 Å². The largest absolute Gasteiger partial charge is 0.467 e. The lowest BCUT2D eigenvalue weighted by Crippen LogP contribution is -2.49. The zero-order chi connectivity index (χ0) is 15.2. The highest BCUT2D eigenvalue weighted by molar-refractivity contribution is 8.00. The van der Waals surface area contributed by atoms with Crippen molar-refractivity contribution in [1.29, 1.82) is 0 Å². The van der Waals surface area contributed by atoms with Crippen molar-refractivity contribution in [3.8, 4) is 0 Å². The summed E-state index contributed by atoms with van der Waals surface area (Å²) < 4.78 is 9.94. The molecule has 5 nitrogen and oxygen atoms in total. The lowest BCUT2D eigenvalue weighted by molar-refractivity contribution is -0.161. The van der Waals surface area contributed by atoms with E-state index in [0.29, 0.717) is 23.9 Å². The zero-order valence-corrected chi connectivity index (χ0v) is 13.2. The van der Waals surface area contributed by atoms with Crippen LogP contribution in [-0.4, -0.2) is 55.4 Å². The van der Waals surface area contributed by atoms with Crippen LogP contribution in [0.5, 0.6) is 0 Å². The van der Waals surface area contributed by atoms with Gasteiger partial charge in [0.1, 0.15) is 0 Å². The Morgan fingerprint density at radius 2 is 2.14 bits per heavy atom. The van der Waals surface area contributed by atoms with E-state index < -0.39 is 12.1 Å². The van der Waals surface area contributed by atoms with Crippen molar-refractivity contribution >= 4 is 35.2 Å². The highest BCUT2D eigenvalue weighted by Gasteiger charge is 2.29. The second-order valence-corrected chi connectivity index (χ2v) is 5.95. The minimum Gasteiger partial charge on any atom is -0.467 e. The van der Waals surface area contributed by atoms with Crippen molar-refractivity contribution in [2.45, 2.75) is 11.0 Å². The van der Waals surface area contributed by atoms with Gasteiger partial charge in [-0.25, -0.2) is 4.79 Å². The summed E-state index contributed by atoms with van der Waals surface area (Å²) in [5, 5.41) is 0.666. The van der Waals surface area contributed by atoms with Crippen molar-refractivity contribution in [3.63, 3.8) is 0 Å². The molecule has 1 aliphatic heterocycles. The molecule has 1 saturated heterocycles. The third kappa shape index (κ3) is 4.62. The van der Waals surface area contributed by atoms with Gasteiger partial charge in [-0.15, -0.1) is 11.8 Å². The summed E-state index contributed by atoms with van der Waals surface area (Å²) >= 11 is 7.25. The molecule has 0 saturated carbocycles. The monoisotopic (exact) mass is 329 g/mol. The summed E-state index contributed by atoms with van der Waals surface area (Å²) in [5.41, 5.74) is 0. The molecule has 1 atom stereocenters. The van der Waals surface area contributed by atoms with E-state index in [1.54, 1.807) is 17.0 Å². The molecule has 0 bridgehead atoms. The Hall–Kier alpha value is -1.24. The van der Waals surface area contributed by atoms with Crippen LogP contribution in [0.4, 0.5) is 0 Å². The molecule has 0 N–H and O–H groups in total. The van der Waals surface area contributed by atoms with Gasteiger partial charge >= 0.3 is 5.97 Å². The Morgan fingerprint density at radius 3 is 2.81 bits per heavy atom. The van der Waals surface area contributed by atoms with Gasteiger partial charge in [0.05, 0.1) is 26.0 Å². The van der Waals surface area contributed by atoms with E-state index in [-0.39, 0.29) is 12.5 Å². The molecule has 1 aliphatic rings. The molecule has 1 aromatic rings. The van der Waals surface area contributed by atoms with E-state index in [2.05, 4.69) is 4.74 Å². The lowest BCUT2D eigenvalue weighted by atomic mass is 10.2. The van der Waals surface area contributed by atoms with Crippen LogP contribution in [-0.2, 0) is 19.1 Å². The van der Waals surface area contributed by atoms with Crippen molar-refractivity contribution < 1.29 is 19.1 Å². The maximum atomic E-state index is 12.2. The standard InChI is InChI=1S/C14H16ClNO4S/c1-19-14(18)12-8-16(6-7-20-12)13(17)9-21-11-4-2-10(15)3-5-11/h2-5,12H,6-9H2,1H3. The summed E-state index contributed by atoms with van der Waals surface area (Å²) in [7, 11) is 1.31. The Bertz CT molecular complexity index is 508. The van der Waals surface area contributed by atoms with Crippen LogP contribution in [0.2, 0.25) is 5.02 Å². The molecule has 2 rings (SSSR count). The maximum absolute atomic E-state index is 12.2. The molecule has 0 aromatic heterocycles. The van der Waals surface area contributed by atoms with Gasteiger partial charge in [0, 0.05) is 16.5 Å². The number of morpholine rings is 1. The van der Waals surface area contributed by atoms with Crippen LogP contribution < -0.4 is 0 Å². The Kier molecular flexibility index (Phi) is 5.90. The molecule has 0 aliphatic carbocycles. The summed E-state index contributed by atoms with van der Waals surface area (Å²) in [6.45, 7) is 1.08. The number of benzene rings is 1. The first-order valence-electron chi connectivity index (χ1n) is 6.45. The molecule has 0 radical (unpaired) electrons. The number of hydrogen-bond acceptors (Lipinski definition) is 5. The van der Waals surface area contributed by atoms with Crippen LogP contribution in [0, 0.1) is 0 Å². The maximum Gasteiger partial charge on any atom is 0.336 e. The highest BCUT2D eigenvalue weighted by atomic mass is 35.5. The second-order valence-electron chi connectivity index (χ2n) is 4.46. The molecule has 1 unspecified atom stereocenters. The molecule has 21 heavy (non-hydrogen) atoms. The normalized spacial score (nSPS) is 18.4. The number of amides is 1. The Morgan fingerprint density at radius 1 is 1.43 bits per heavy atom. The number of halogens is 1. The number of rotatable bonds is 4. The average Bonchev–Trinajstić information content (AvgIpc) is 2.53. The number of carbonyl (C=O) groups excluding carboxylic acids is 2. The van der Waals surface area contributed by atoms with Crippen molar-refractivity contribution in [1.82, 2.24) is 4.90 Å². The quantitative estimate of drug-likeness (QED) is 0.623. The predicted molar refractivity (Wildman–Crippen MR) is 80.5 cm³/mol. The summed E-state index contributed by atoms with van der Waals surface area (Å²) in [4.78, 5) is 26.2. The number of ether oxygens (including phenoxy) is 2. The third-order valence-corrected chi connectivity index (χ3v) is 4.31. The number of esters is 1. The molecular formula is C14H16ClNO4S. The minimum absolute atomic E-state index is 0.0212. The van der Waals surface area contributed by atoms with E-state index in [0.717, 1.165) is 4.90 Å². The second kappa shape index (κ2) is 7.68. The van der Waals surface area contributed by atoms with E-state index in [1.807, 2.05) is 12.1 Å². The fourth-order valence-electron chi connectivity index (χ4n) is 1.92. The van der Waals surface area contributed by atoms with E-state index in [1.165, 1.54) is 18.9 Å². The number of hydrogen-bond donors (Lipinski definition) is 0. The fraction of sp³-hybridized carbons (Fsp3) is 0.429. The summed E-state index contributed by atoms with van der Waals surface area (Å²) in [5.74, 6) is -0.153. The molecule has 1 aromatic carbocycles. The third-order valence-electron chi connectivity index (χ3n) is 3.06. The van der Waals surface area contributed by atoms with Gasteiger partial charge in [0.25, 0.3) is 0 Å². The number of thioether (sulfide) groups is 1. The molecule has 0 spiro atoms. The fourth-order valence-corrected chi connectivity index (χ4v) is 2.84. The predicted octanol–water partition coefficient (Wildman–Crippen LogP) is 1.83. The molecule has 1 heterocycles. The molecule has 114 valence electrons. The molecule has 1 fully saturated rings. The SMILES string of the molecule is COC(=O)C1CN(C(=O)CSc2ccc(Cl)cc2)CCO1. The van der Waals surface area contributed by atoms with Gasteiger partial charge in [0.2, 0.25) is 5.91 Å². The van der Waals surface area contributed by atoms with Crippen LogP contribution in [0.15, 0.2) is 29.2 Å². The topological polar surface area (TPSA) is 55.8 Å². The first kappa shape index (κ1) is 16.1. The van der Waals surface area contributed by atoms with Gasteiger partial charge < -0.3 is 14.4 Å². The molecule has 7 heteroatoms. The smallest absolute Gasteiger partial charge is 0.336 e. The first-order chi connectivity index (χ1) is 10.1. The highest BCUT2D eigenvalue weighted by Crippen LogP contribution is 2.21. The molecular weight excluding hydrogens is 314 g/mol. The van der Waals surface area contributed by atoms with Crippen LogP contribution >= 0.6 is 23.4 Å².